The lowest BCUT2D eigenvalue weighted by Gasteiger charge is -2.06. The first-order chi connectivity index (χ1) is 9.72. The summed E-state index contributed by atoms with van der Waals surface area (Å²) < 4.78 is 11.1. The van der Waals surface area contributed by atoms with Crippen LogP contribution in [0.15, 0.2) is 22.6 Å². The Hall–Kier alpha value is -1.59. The smallest absolute Gasteiger partial charge is 0.315 e. The first kappa shape index (κ1) is 13.4. The molecule has 0 amide bonds. The summed E-state index contributed by atoms with van der Waals surface area (Å²) in [4.78, 5) is 0. The number of aryl methyl sites for hydroxylation is 1. The molecule has 1 aliphatic heterocycles. The quantitative estimate of drug-likeness (QED) is 0.935. The van der Waals surface area contributed by atoms with Crippen molar-refractivity contribution in [1.82, 2.24) is 10.2 Å². The maximum absolute atomic E-state index is 5.93. The second-order valence-corrected chi connectivity index (χ2v) is 5.31. The molecule has 0 aliphatic carbocycles. The van der Waals surface area contributed by atoms with E-state index in [0.717, 1.165) is 35.6 Å². The van der Waals surface area contributed by atoms with Gasteiger partial charge in [-0.2, -0.15) is 0 Å². The number of ether oxygens (including phenoxy) is 1. The first-order valence-electron chi connectivity index (χ1n) is 6.66. The first-order valence-corrected chi connectivity index (χ1v) is 7.04. The average Bonchev–Trinajstić information content (AvgIpc) is 3.08. The van der Waals surface area contributed by atoms with Gasteiger partial charge in [0.05, 0.1) is 0 Å². The zero-order valence-electron chi connectivity index (χ0n) is 11.2. The van der Waals surface area contributed by atoms with Gasteiger partial charge in [-0.1, -0.05) is 22.8 Å². The number of anilines is 1. The molecule has 6 heteroatoms. The summed E-state index contributed by atoms with van der Waals surface area (Å²) in [5, 5.41) is 11.9. The van der Waals surface area contributed by atoms with Crippen LogP contribution in [0.4, 0.5) is 6.01 Å². The lowest BCUT2D eigenvalue weighted by molar-refractivity contribution is 0.0897. The van der Waals surface area contributed by atoms with E-state index in [9.17, 15) is 0 Å². The highest BCUT2D eigenvalue weighted by Gasteiger charge is 2.23. The third kappa shape index (κ3) is 2.94. The molecule has 1 aliphatic rings. The van der Waals surface area contributed by atoms with Gasteiger partial charge in [-0.25, -0.2) is 0 Å². The van der Waals surface area contributed by atoms with Crippen molar-refractivity contribution in [3.63, 3.8) is 0 Å². The van der Waals surface area contributed by atoms with Gasteiger partial charge in [0.15, 0.2) is 0 Å². The molecule has 1 aromatic heterocycles. The molecule has 1 saturated heterocycles. The molecular formula is C14H16ClN3O2. The topological polar surface area (TPSA) is 60.2 Å². The maximum atomic E-state index is 5.93. The second-order valence-electron chi connectivity index (χ2n) is 4.87. The van der Waals surface area contributed by atoms with Gasteiger partial charge in [0.1, 0.15) is 6.10 Å². The predicted molar refractivity (Wildman–Crippen MR) is 75.7 cm³/mol. The third-order valence-corrected chi connectivity index (χ3v) is 3.62. The fourth-order valence-corrected chi connectivity index (χ4v) is 2.46. The number of benzene rings is 1. The van der Waals surface area contributed by atoms with E-state index >= 15 is 0 Å². The summed E-state index contributed by atoms with van der Waals surface area (Å²) in [7, 11) is 0. The van der Waals surface area contributed by atoms with E-state index in [4.69, 9.17) is 20.8 Å². The van der Waals surface area contributed by atoms with Crippen molar-refractivity contribution < 1.29 is 9.15 Å². The van der Waals surface area contributed by atoms with Crippen molar-refractivity contribution in [2.45, 2.75) is 32.4 Å². The second kappa shape index (κ2) is 5.81. The molecule has 1 atom stereocenters. The van der Waals surface area contributed by atoms with Crippen LogP contribution in [-0.2, 0) is 11.3 Å². The highest BCUT2D eigenvalue weighted by atomic mass is 35.5. The van der Waals surface area contributed by atoms with Crippen LogP contribution in [0.1, 0.15) is 36.0 Å². The molecule has 20 heavy (non-hydrogen) atoms. The Labute approximate surface area is 122 Å². The molecule has 3 rings (SSSR count). The molecule has 0 unspecified atom stereocenters. The number of hydrogen-bond donors (Lipinski definition) is 1. The van der Waals surface area contributed by atoms with Crippen molar-refractivity contribution in [2.75, 3.05) is 11.9 Å². The summed E-state index contributed by atoms with van der Waals surface area (Å²) >= 11 is 5.93. The van der Waals surface area contributed by atoms with Crippen LogP contribution in [0, 0.1) is 6.92 Å². The highest BCUT2D eigenvalue weighted by Crippen LogP contribution is 2.28. The maximum Gasteiger partial charge on any atom is 0.315 e. The minimum Gasteiger partial charge on any atom is -0.405 e. The monoisotopic (exact) mass is 293 g/mol. The standard InChI is InChI=1S/C14H16ClN3O2/c1-9-7-11(15)5-4-10(9)8-16-14-18-17-13(20-14)12-3-2-6-19-12/h4-5,7,12H,2-3,6,8H2,1H3,(H,16,18)/t12-/m1/s1. The van der Waals surface area contributed by atoms with Crippen LogP contribution in [-0.4, -0.2) is 16.8 Å². The number of nitrogens with zero attached hydrogens (tertiary/aromatic N) is 2. The van der Waals surface area contributed by atoms with Gasteiger partial charge in [-0.15, -0.1) is 5.10 Å². The normalized spacial score (nSPS) is 18.4. The molecule has 1 N–H and O–H groups in total. The van der Waals surface area contributed by atoms with E-state index in [0.29, 0.717) is 18.5 Å². The van der Waals surface area contributed by atoms with E-state index in [-0.39, 0.29) is 6.10 Å². The number of aromatic nitrogens is 2. The molecule has 5 nitrogen and oxygen atoms in total. The minimum absolute atomic E-state index is 0.0460. The van der Waals surface area contributed by atoms with E-state index in [1.807, 2.05) is 25.1 Å². The van der Waals surface area contributed by atoms with Gasteiger partial charge in [-0.3, -0.25) is 0 Å². The summed E-state index contributed by atoms with van der Waals surface area (Å²) in [5.41, 5.74) is 2.27. The Balaban J connectivity index is 1.63. The molecule has 0 radical (unpaired) electrons. The van der Waals surface area contributed by atoms with Crippen molar-refractivity contribution in [3.05, 3.63) is 40.2 Å². The zero-order chi connectivity index (χ0) is 13.9. The molecule has 2 heterocycles. The minimum atomic E-state index is -0.0460. The predicted octanol–water partition coefficient (Wildman–Crippen LogP) is 3.50. The van der Waals surface area contributed by atoms with Crippen molar-refractivity contribution in [2.24, 2.45) is 0 Å². The van der Waals surface area contributed by atoms with E-state index in [1.54, 1.807) is 0 Å². The van der Waals surface area contributed by atoms with Crippen molar-refractivity contribution in [3.8, 4) is 0 Å². The molecule has 0 spiro atoms. The number of hydrogen-bond acceptors (Lipinski definition) is 5. The van der Waals surface area contributed by atoms with E-state index < -0.39 is 0 Å². The molecule has 1 aromatic carbocycles. The van der Waals surface area contributed by atoms with E-state index in [1.165, 1.54) is 0 Å². The Morgan fingerprint density at radius 2 is 2.30 bits per heavy atom. The van der Waals surface area contributed by atoms with Crippen LogP contribution in [0.3, 0.4) is 0 Å². The van der Waals surface area contributed by atoms with Crippen molar-refractivity contribution in [1.29, 1.82) is 0 Å². The lowest BCUT2D eigenvalue weighted by atomic mass is 10.1. The molecule has 2 aromatic rings. The molecule has 1 fully saturated rings. The van der Waals surface area contributed by atoms with Gasteiger partial charge in [0, 0.05) is 18.2 Å². The Morgan fingerprint density at radius 1 is 1.40 bits per heavy atom. The summed E-state index contributed by atoms with van der Waals surface area (Å²) in [5.74, 6) is 0.554. The molecule has 106 valence electrons. The van der Waals surface area contributed by atoms with Gasteiger partial charge < -0.3 is 14.5 Å². The van der Waals surface area contributed by atoms with Gasteiger partial charge in [0.25, 0.3) is 0 Å². The fraction of sp³-hybridized carbons (Fsp3) is 0.429. The number of rotatable bonds is 4. The van der Waals surface area contributed by atoms with E-state index in [2.05, 4.69) is 15.5 Å². The Morgan fingerprint density at radius 3 is 3.05 bits per heavy atom. The fourth-order valence-electron chi connectivity index (χ4n) is 2.24. The van der Waals surface area contributed by atoms with Crippen LogP contribution < -0.4 is 5.32 Å². The summed E-state index contributed by atoms with van der Waals surface area (Å²) in [6.07, 6.45) is 1.94. The van der Waals surface area contributed by atoms with Gasteiger partial charge >= 0.3 is 6.01 Å². The highest BCUT2D eigenvalue weighted by molar-refractivity contribution is 6.30. The zero-order valence-corrected chi connectivity index (χ0v) is 12.0. The molecular weight excluding hydrogens is 278 g/mol. The van der Waals surface area contributed by atoms with Gasteiger partial charge in [-0.05, 0) is 43.0 Å². The summed E-state index contributed by atoms with van der Waals surface area (Å²) in [6.45, 7) is 3.41. The SMILES string of the molecule is Cc1cc(Cl)ccc1CNc1nnc([C@H]2CCCO2)o1. The Kier molecular flexibility index (Phi) is 3.89. The molecule has 0 bridgehead atoms. The summed E-state index contributed by atoms with van der Waals surface area (Å²) in [6, 6.07) is 6.22. The third-order valence-electron chi connectivity index (χ3n) is 3.38. The largest absolute Gasteiger partial charge is 0.405 e. The van der Waals surface area contributed by atoms with Crippen LogP contribution in [0.5, 0.6) is 0 Å². The molecule has 0 saturated carbocycles. The lowest BCUT2D eigenvalue weighted by Crippen LogP contribution is -2.01. The van der Waals surface area contributed by atoms with Crippen LogP contribution in [0.25, 0.3) is 0 Å². The van der Waals surface area contributed by atoms with Crippen molar-refractivity contribution >= 4 is 17.6 Å². The average molecular weight is 294 g/mol. The van der Waals surface area contributed by atoms with Crippen LogP contribution in [0.2, 0.25) is 5.02 Å². The Bertz CT molecular complexity index is 594. The van der Waals surface area contributed by atoms with Gasteiger partial charge in [0.2, 0.25) is 5.89 Å². The number of nitrogens with one attached hydrogen (secondary N) is 1. The van der Waals surface area contributed by atoms with Crippen LogP contribution >= 0.6 is 11.6 Å². The number of halogens is 1.